The lowest BCUT2D eigenvalue weighted by molar-refractivity contribution is -0.190. The van der Waals surface area contributed by atoms with E-state index in [0.29, 0.717) is 12.0 Å². The number of halogens is 1. The molecule has 2 heterocycles. The van der Waals surface area contributed by atoms with E-state index in [1.807, 2.05) is 0 Å². The van der Waals surface area contributed by atoms with Gasteiger partial charge in [0, 0.05) is 18.8 Å². The number of carbonyl (C=O) groups excluding carboxylic acids is 1. The molecule has 2 aliphatic heterocycles. The number of amides is 1. The topological polar surface area (TPSA) is 114 Å². The molecule has 0 saturated carbocycles. The lowest BCUT2D eigenvalue weighted by atomic mass is 10.1. The molecule has 2 aliphatic rings. The molecule has 0 radical (unpaired) electrons. The number of benzene rings is 1. The third-order valence-corrected chi connectivity index (χ3v) is 4.56. The van der Waals surface area contributed by atoms with Crippen LogP contribution in [0.4, 0.5) is 4.39 Å². The van der Waals surface area contributed by atoms with Crippen molar-refractivity contribution in [3.05, 3.63) is 47.9 Å². The molecule has 1 aromatic carbocycles. The third kappa shape index (κ3) is 3.57. The highest BCUT2D eigenvalue weighted by molar-refractivity contribution is 5.88. The largest absolute Gasteiger partial charge is 0.394 e. The summed E-state index contributed by atoms with van der Waals surface area (Å²) in [6.45, 7) is -0.385. The molecule has 1 amide bonds. The number of rotatable bonds is 5. The van der Waals surface area contributed by atoms with Crippen LogP contribution in [0.3, 0.4) is 0 Å². The van der Waals surface area contributed by atoms with Gasteiger partial charge in [-0.3, -0.25) is 9.69 Å². The van der Waals surface area contributed by atoms with Crippen LogP contribution in [0.5, 0.6) is 0 Å². The third-order valence-electron chi connectivity index (χ3n) is 4.56. The number of aliphatic hydroxyl groups is 4. The Bertz CT molecular complexity index is 687. The average molecular weight is 368 g/mol. The molecular weight excluding hydrogens is 347 g/mol. The first-order valence-corrected chi connectivity index (χ1v) is 8.23. The van der Waals surface area contributed by atoms with Crippen LogP contribution < -0.4 is 0 Å². The highest BCUT2D eigenvalue weighted by Crippen LogP contribution is 2.27. The van der Waals surface area contributed by atoms with Crippen molar-refractivity contribution in [3.63, 3.8) is 0 Å². The van der Waals surface area contributed by atoms with Gasteiger partial charge in [-0.2, -0.15) is 0 Å². The molecule has 8 nitrogen and oxygen atoms in total. The lowest BCUT2D eigenvalue weighted by Gasteiger charge is -2.41. The minimum atomic E-state index is -1.44. The van der Waals surface area contributed by atoms with Gasteiger partial charge in [0.25, 0.3) is 5.91 Å². The fourth-order valence-electron chi connectivity index (χ4n) is 3.11. The Kier molecular flexibility index (Phi) is 5.54. The number of nitrogens with zero attached hydrogens (tertiary/aromatic N) is 2. The first kappa shape index (κ1) is 18.7. The number of aliphatic hydroxyl groups excluding tert-OH is 4. The number of hydrogen-bond acceptors (Lipinski definition) is 7. The van der Waals surface area contributed by atoms with Gasteiger partial charge < -0.3 is 30.1 Å². The highest BCUT2D eigenvalue weighted by atomic mass is 19.1. The van der Waals surface area contributed by atoms with Crippen LogP contribution >= 0.6 is 0 Å². The van der Waals surface area contributed by atoms with Crippen LogP contribution in [-0.2, 0) is 16.0 Å². The van der Waals surface area contributed by atoms with Crippen molar-refractivity contribution in [2.75, 3.05) is 13.2 Å². The van der Waals surface area contributed by atoms with E-state index in [1.165, 1.54) is 29.3 Å². The molecule has 5 atom stereocenters. The van der Waals surface area contributed by atoms with Crippen LogP contribution in [0, 0.1) is 5.82 Å². The number of ether oxygens (including phenoxy) is 1. The molecular formula is C17H21FN2O6. The summed E-state index contributed by atoms with van der Waals surface area (Å²) in [4.78, 5) is 14.4. The van der Waals surface area contributed by atoms with Crippen LogP contribution in [0.25, 0.3) is 0 Å². The maximum absolute atomic E-state index is 13.3. The SMILES string of the molecule is O=C1C=CN([C@@H]2O[C@H](CO)C(O)C2O)C(O)N1CCc1cccc(F)c1. The molecule has 142 valence electrons. The average Bonchev–Trinajstić information content (AvgIpc) is 2.90. The van der Waals surface area contributed by atoms with Gasteiger partial charge in [0.1, 0.15) is 24.1 Å². The standard InChI is InChI=1S/C17H21FN2O6/c18-11-3-1-2-10(8-11)4-6-19-13(22)5-7-20(17(19)25)16-15(24)14(23)12(9-21)26-16/h1-3,5,7-8,12,14-17,21,23-25H,4,6,9H2/t12-,14?,15?,16-,17?/m1/s1. The number of carbonyl (C=O) groups is 1. The van der Waals surface area contributed by atoms with E-state index in [4.69, 9.17) is 4.74 Å². The zero-order chi connectivity index (χ0) is 18.8. The maximum atomic E-state index is 13.3. The molecule has 3 rings (SSSR count). The quantitative estimate of drug-likeness (QED) is 0.513. The first-order chi connectivity index (χ1) is 12.4. The van der Waals surface area contributed by atoms with Gasteiger partial charge in [0.05, 0.1) is 6.61 Å². The van der Waals surface area contributed by atoms with Crippen LogP contribution in [0.15, 0.2) is 36.5 Å². The molecule has 1 aromatic rings. The number of hydrogen-bond donors (Lipinski definition) is 4. The summed E-state index contributed by atoms with van der Waals surface area (Å²) in [5.41, 5.74) is 0.666. The fraction of sp³-hybridized carbons (Fsp3) is 0.471. The Morgan fingerprint density at radius 1 is 1.19 bits per heavy atom. The molecule has 1 fully saturated rings. The maximum Gasteiger partial charge on any atom is 0.251 e. The molecule has 0 bridgehead atoms. The Morgan fingerprint density at radius 3 is 2.62 bits per heavy atom. The lowest BCUT2D eigenvalue weighted by Crippen LogP contribution is -2.57. The van der Waals surface area contributed by atoms with Crippen molar-refractivity contribution in [2.24, 2.45) is 0 Å². The van der Waals surface area contributed by atoms with E-state index in [0.717, 1.165) is 4.90 Å². The summed E-state index contributed by atoms with van der Waals surface area (Å²) < 4.78 is 18.6. The van der Waals surface area contributed by atoms with Crippen LogP contribution in [0.2, 0.25) is 0 Å². The predicted molar refractivity (Wildman–Crippen MR) is 86.6 cm³/mol. The molecule has 4 N–H and O–H groups in total. The second-order valence-electron chi connectivity index (χ2n) is 6.25. The van der Waals surface area contributed by atoms with Crippen molar-refractivity contribution in [3.8, 4) is 0 Å². The predicted octanol–water partition coefficient (Wildman–Crippen LogP) is -1.26. The van der Waals surface area contributed by atoms with E-state index in [2.05, 4.69) is 0 Å². The van der Waals surface area contributed by atoms with E-state index in [-0.39, 0.29) is 12.4 Å². The van der Waals surface area contributed by atoms with Crippen molar-refractivity contribution < 1.29 is 34.3 Å². The first-order valence-electron chi connectivity index (χ1n) is 8.23. The summed E-state index contributed by atoms with van der Waals surface area (Å²) in [5, 5.41) is 39.7. The minimum Gasteiger partial charge on any atom is -0.394 e. The Hall–Kier alpha value is -2.04. The van der Waals surface area contributed by atoms with Crippen molar-refractivity contribution in [1.29, 1.82) is 0 Å². The monoisotopic (exact) mass is 368 g/mol. The molecule has 0 aromatic heterocycles. The minimum absolute atomic E-state index is 0.110. The molecule has 0 aliphatic carbocycles. The van der Waals surface area contributed by atoms with Gasteiger partial charge in [-0.15, -0.1) is 0 Å². The summed E-state index contributed by atoms with van der Waals surface area (Å²) in [5.74, 6) is -0.835. The smallest absolute Gasteiger partial charge is 0.251 e. The van der Waals surface area contributed by atoms with Crippen LogP contribution in [-0.4, -0.2) is 80.2 Å². The fourth-order valence-corrected chi connectivity index (χ4v) is 3.11. The van der Waals surface area contributed by atoms with E-state index < -0.39 is 43.4 Å². The van der Waals surface area contributed by atoms with E-state index in [9.17, 15) is 29.6 Å². The summed E-state index contributed by atoms with van der Waals surface area (Å²) in [6, 6.07) is 5.94. The molecule has 3 unspecified atom stereocenters. The van der Waals surface area contributed by atoms with Gasteiger partial charge in [-0.05, 0) is 24.1 Å². The van der Waals surface area contributed by atoms with Gasteiger partial charge >= 0.3 is 0 Å². The van der Waals surface area contributed by atoms with Crippen molar-refractivity contribution >= 4 is 5.91 Å². The molecule has 0 spiro atoms. The van der Waals surface area contributed by atoms with E-state index >= 15 is 0 Å². The zero-order valence-electron chi connectivity index (χ0n) is 13.8. The highest BCUT2D eigenvalue weighted by Gasteiger charge is 2.47. The molecule has 26 heavy (non-hydrogen) atoms. The van der Waals surface area contributed by atoms with Gasteiger partial charge in [-0.1, -0.05) is 12.1 Å². The van der Waals surface area contributed by atoms with Gasteiger partial charge in [-0.25, -0.2) is 4.39 Å². The Labute approximate surface area is 149 Å². The second kappa shape index (κ2) is 7.68. The Balaban J connectivity index is 1.71. The van der Waals surface area contributed by atoms with Gasteiger partial charge in [0.15, 0.2) is 6.23 Å². The second-order valence-corrected chi connectivity index (χ2v) is 6.25. The molecule has 9 heteroatoms. The summed E-state index contributed by atoms with van der Waals surface area (Å²) in [6.07, 6.45) is -3.46. The van der Waals surface area contributed by atoms with E-state index in [1.54, 1.807) is 12.1 Å². The van der Waals surface area contributed by atoms with Gasteiger partial charge in [0.2, 0.25) is 6.35 Å². The zero-order valence-corrected chi connectivity index (χ0v) is 13.8. The molecule has 1 saturated heterocycles. The normalized spacial score (nSPS) is 31.7. The Morgan fingerprint density at radius 2 is 1.96 bits per heavy atom. The summed E-state index contributed by atoms with van der Waals surface area (Å²) in [7, 11) is 0. The van der Waals surface area contributed by atoms with Crippen molar-refractivity contribution in [1.82, 2.24) is 9.80 Å². The van der Waals surface area contributed by atoms with Crippen molar-refractivity contribution in [2.45, 2.75) is 37.3 Å². The van der Waals surface area contributed by atoms with Crippen LogP contribution in [0.1, 0.15) is 5.56 Å². The summed E-state index contributed by atoms with van der Waals surface area (Å²) >= 11 is 0.